The normalized spacial score (nSPS) is 17.3. The Labute approximate surface area is 157 Å². The molecule has 5 heteroatoms. The van der Waals surface area contributed by atoms with Crippen LogP contribution in [-0.2, 0) is 12.8 Å². The first-order valence-corrected chi connectivity index (χ1v) is 11.5. The fourth-order valence-electron chi connectivity index (χ4n) is 3.58. The smallest absolute Gasteiger partial charge is 0.0350 e. The van der Waals surface area contributed by atoms with Crippen molar-refractivity contribution in [2.75, 3.05) is 50.4 Å². The molecule has 0 unspecified atom stereocenters. The minimum atomic E-state index is -1.28. The average Bonchev–Trinajstić information content (AvgIpc) is 3.54. The van der Waals surface area contributed by atoms with Gasteiger partial charge < -0.3 is 11.1 Å². The summed E-state index contributed by atoms with van der Waals surface area (Å²) in [5, 5.41) is 3.16. The van der Waals surface area contributed by atoms with Crippen molar-refractivity contribution in [3.05, 3.63) is 59.2 Å². The molecule has 0 aromatic heterocycles. The van der Waals surface area contributed by atoms with Crippen molar-refractivity contribution < 1.29 is 0 Å². The molecule has 0 saturated carbocycles. The Hall–Kier alpha value is -1.74. The second-order valence-electron chi connectivity index (χ2n) is 7.42. The summed E-state index contributed by atoms with van der Waals surface area (Å²) in [5.74, 6) is 0. The summed E-state index contributed by atoms with van der Waals surface area (Å²) in [6, 6.07) is 15.1. The van der Waals surface area contributed by atoms with E-state index in [0.717, 1.165) is 24.2 Å². The number of benzene rings is 2. The van der Waals surface area contributed by atoms with Crippen molar-refractivity contribution in [2.24, 2.45) is 0 Å². The van der Waals surface area contributed by atoms with E-state index < -0.39 is 7.19 Å². The zero-order valence-corrected chi connectivity index (χ0v) is 16.5. The first-order valence-electron chi connectivity index (χ1n) is 9.46. The Morgan fingerprint density at radius 2 is 1.62 bits per heavy atom. The van der Waals surface area contributed by atoms with Crippen LogP contribution in [0.15, 0.2) is 42.5 Å². The third-order valence-electron chi connectivity index (χ3n) is 5.50. The van der Waals surface area contributed by atoms with E-state index in [1.54, 1.807) is 0 Å². The van der Waals surface area contributed by atoms with Gasteiger partial charge in [0.05, 0.1) is 0 Å². The van der Waals surface area contributed by atoms with Gasteiger partial charge in [-0.3, -0.25) is 9.34 Å². The molecule has 4 rings (SSSR count). The Morgan fingerprint density at radius 1 is 1.00 bits per heavy atom. The molecule has 2 heterocycles. The highest BCUT2D eigenvalue weighted by molar-refractivity contribution is 7.69. The molecule has 0 spiro atoms. The number of hydrogen-bond acceptors (Lipinski definition) is 4. The van der Waals surface area contributed by atoms with Gasteiger partial charge in [-0.15, -0.1) is 0 Å². The summed E-state index contributed by atoms with van der Waals surface area (Å²) in [5.41, 5.74) is 12.2. The van der Waals surface area contributed by atoms with Gasteiger partial charge in [0.25, 0.3) is 0 Å². The van der Waals surface area contributed by atoms with Crippen LogP contribution >= 0.6 is 7.19 Å². The fraction of sp³-hybridized carbons (Fsp3) is 0.381. The first-order chi connectivity index (χ1) is 12.6. The Bertz CT molecular complexity index is 806. The molecule has 2 aliphatic rings. The number of anilines is 2. The third-order valence-corrected chi connectivity index (χ3v) is 9.35. The number of hydrogen-bond donors (Lipinski definition) is 2. The monoisotopic (exact) mass is 368 g/mol. The largest absolute Gasteiger partial charge is 0.398 e. The van der Waals surface area contributed by atoms with Crippen LogP contribution in [0.25, 0.3) is 0 Å². The number of nitrogens with one attached hydrogen (secondary N) is 1. The zero-order valence-electron chi connectivity index (χ0n) is 15.6. The van der Waals surface area contributed by atoms with Crippen LogP contribution in [0.2, 0.25) is 0 Å². The lowest BCUT2D eigenvalue weighted by Gasteiger charge is -2.27. The summed E-state index contributed by atoms with van der Waals surface area (Å²) >= 11 is 0. The van der Waals surface area contributed by atoms with Crippen LogP contribution in [0, 0.1) is 0 Å². The molecule has 0 amide bonds. The van der Waals surface area contributed by atoms with Crippen LogP contribution < -0.4 is 11.1 Å². The molecular weight excluding hydrogens is 339 g/mol. The molecule has 4 nitrogen and oxygen atoms in total. The summed E-state index contributed by atoms with van der Waals surface area (Å²) in [7, 11) is 0.662. The minimum absolute atomic E-state index is 0.882. The van der Waals surface area contributed by atoms with E-state index in [9.17, 15) is 0 Å². The predicted molar refractivity (Wildman–Crippen MR) is 115 cm³/mol. The van der Waals surface area contributed by atoms with Gasteiger partial charge in [-0.25, -0.2) is 0 Å². The van der Waals surface area contributed by atoms with Crippen molar-refractivity contribution in [1.29, 1.82) is 0 Å². The second-order valence-corrected chi connectivity index (χ2v) is 10.8. The number of aryl methyl sites for hydroxylation is 1. The maximum absolute atomic E-state index is 6.26. The molecule has 2 fully saturated rings. The van der Waals surface area contributed by atoms with Gasteiger partial charge in [0.15, 0.2) is 0 Å². The quantitative estimate of drug-likeness (QED) is 0.426. The van der Waals surface area contributed by atoms with E-state index in [-0.39, 0.29) is 0 Å². The van der Waals surface area contributed by atoms with Gasteiger partial charge in [0, 0.05) is 51.8 Å². The lowest BCUT2D eigenvalue weighted by Crippen LogP contribution is -2.10. The van der Waals surface area contributed by atoms with Crippen LogP contribution in [-0.4, -0.2) is 55.0 Å². The molecule has 3 N–H and O–H groups in total. The van der Waals surface area contributed by atoms with E-state index in [1.165, 1.54) is 49.0 Å². The topological polar surface area (TPSA) is 44.1 Å². The lowest BCUT2D eigenvalue weighted by atomic mass is 10.00. The highest BCUT2D eigenvalue weighted by Gasteiger charge is 2.40. The minimum Gasteiger partial charge on any atom is -0.398 e. The van der Waals surface area contributed by atoms with Crippen molar-refractivity contribution in [3.63, 3.8) is 0 Å². The molecule has 0 atom stereocenters. The number of nitrogens with two attached hydrogens (primary N) is 1. The van der Waals surface area contributed by atoms with Crippen LogP contribution in [0.4, 0.5) is 11.4 Å². The van der Waals surface area contributed by atoms with Crippen LogP contribution in [0.5, 0.6) is 0 Å². The van der Waals surface area contributed by atoms with Gasteiger partial charge in [-0.1, -0.05) is 30.6 Å². The van der Waals surface area contributed by atoms with E-state index in [1.807, 2.05) is 7.05 Å². The molecule has 26 heavy (non-hydrogen) atoms. The van der Waals surface area contributed by atoms with Gasteiger partial charge in [-0.05, 0) is 53.9 Å². The van der Waals surface area contributed by atoms with Crippen molar-refractivity contribution >= 4 is 24.9 Å². The zero-order chi connectivity index (χ0) is 18.1. The van der Waals surface area contributed by atoms with E-state index in [4.69, 9.17) is 5.73 Å². The molecule has 0 radical (unpaired) electrons. The molecule has 2 aromatic carbocycles. The highest BCUT2D eigenvalue weighted by atomic mass is 31.2. The van der Waals surface area contributed by atoms with E-state index in [0.29, 0.717) is 0 Å². The number of nitrogen functional groups attached to an aromatic ring is 1. The number of rotatable bonds is 8. The van der Waals surface area contributed by atoms with Crippen molar-refractivity contribution in [3.8, 4) is 0 Å². The van der Waals surface area contributed by atoms with Gasteiger partial charge in [0.1, 0.15) is 0 Å². The molecule has 0 aliphatic carbocycles. The highest BCUT2D eigenvalue weighted by Crippen LogP contribution is 2.59. The SMILES string of the molecule is C=P(CCc1ccc(N)c(Cc2ccc(NC)cc2)c1)(N1CC1)N1CC1. The Kier molecular flexibility index (Phi) is 4.83. The molecule has 2 aliphatic heterocycles. The lowest BCUT2D eigenvalue weighted by molar-refractivity contribution is 0.780. The standard InChI is InChI=1S/C21H29N4P/c1-23-20-6-3-17(4-7-20)15-19-16-18(5-8-21(19)22)9-14-26(2,24-10-11-24)25-12-13-25/h3-8,16,23H,2,9-15,22H2,1H3. The second kappa shape index (κ2) is 7.11. The molecule has 2 saturated heterocycles. The summed E-state index contributed by atoms with van der Waals surface area (Å²) < 4.78 is 5.20. The summed E-state index contributed by atoms with van der Waals surface area (Å²) in [4.78, 5) is 0. The maximum Gasteiger partial charge on any atom is 0.0350 e. The summed E-state index contributed by atoms with van der Waals surface area (Å²) in [6.07, 6.45) is 7.83. The van der Waals surface area contributed by atoms with Crippen molar-refractivity contribution in [2.45, 2.75) is 12.8 Å². The Morgan fingerprint density at radius 3 is 2.19 bits per heavy atom. The average molecular weight is 368 g/mol. The van der Waals surface area contributed by atoms with E-state index in [2.05, 4.69) is 63.4 Å². The molecule has 2 aromatic rings. The summed E-state index contributed by atoms with van der Waals surface area (Å²) in [6.45, 7) is 4.96. The number of nitrogens with zero attached hydrogens (tertiary/aromatic N) is 2. The fourth-order valence-corrected chi connectivity index (χ4v) is 6.79. The van der Waals surface area contributed by atoms with Crippen LogP contribution in [0.1, 0.15) is 16.7 Å². The van der Waals surface area contributed by atoms with Crippen LogP contribution in [0.3, 0.4) is 0 Å². The van der Waals surface area contributed by atoms with Crippen molar-refractivity contribution in [1.82, 2.24) is 9.34 Å². The predicted octanol–water partition coefficient (Wildman–Crippen LogP) is 3.35. The van der Waals surface area contributed by atoms with Gasteiger partial charge in [-0.2, -0.15) is 0 Å². The van der Waals surface area contributed by atoms with Gasteiger partial charge in [0.2, 0.25) is 0 Å². The molecule has 0 bridgehead atoms. The van der Waals surface area contributed by atoms with E-state index >= 15 is 0 Å². The third kappa shape index (κ3) is 3.83. The maximum atomic E-state index is 6.26. The first kappa shape index (κ1) is 17.7. The molecule has 138 valence electrons. The van der Waals surface area contributed by atoms with Gasteiger partial charge >= 0.3 is 0 Å². The Balaban J connectivity index is 1.46. The molecular formula is C21H29N4P.